The van der Waals surface area contributed by atoms with E-state index in [4.69, 9.17) is 4.74 Å². The van der Waals surface area contributed by atoms with Crippen molar-refractivity contribution in [3.8, 4) is 0 Å². The van der Waals surface area contributed by atoms with E-state index in [0.717, 1.165) is 103 Å². The Hall–Kier alpha value is -0.860. The fourth-order valence-electron chi connectivity index (χ4n) is 6.92. The molecule has 43 heavy (non-hydrogen) atoms. The number of ether oxygens (including phenoxy) is 1. The van der Waals surface area contributed by atoms with E-state index < -0.39 is 10.8 Å². The molecule has 0 radical (unpaired) electrons. The lowest BCUT2D eigenvalue weighted by Gasteiger charge is -2.35. The Bertz CT molecular complexity index is 570. The van der Waals surface area contributed by atoms with Crippen molar-refractivity contribution in [3.05, 3.63) is 0 Å². The number of rotatable bonds is 32. The quantitative estimate of drug-likeness (QED) is 0.0434. The minimum absolute atomic E-state index is 0.185. The van der Waals surface area contributed by atoms with Gasteiger partial charge in [-0.05, 0) is 38.5 Å². The summed E-state index contributed by atoms with van der Waals surface area (Å²) in [7, 11) is 0. The molecule has 0 amide bonds. The topological polar surface area (TPSA) is 43.4 Å². The van der Waals surface area contributed by atoms with Gasteiger partial charge in [0.1, 0.15) is 0 Å². The molecule has 0 heterocycles. The minimum atomic E-state index is -0.496. The van der Waals surface area contributed by atoms with E-state index in [0.29, 0.717) is 0 Å². The molecular weight excluding hydrogens is 528 g/mol. The summed E-state index contributed by atoms with van der Waals surface area (Å²) in [4.78, 5) is 28.4. The molecule has 3 nitrogen and oxygen atoms in total. The Morgan fingerprint density at radius 3 is 0.791 bits per heavy atom. The smallest absolute Gasteiger partial charge is 0.319 e. The summed E-state index contributed by atoms with van der Waals surface area (Å²) in [5.41, 5.74) is -0.993. The van der Waals surface area contributed by atoms with Crippen molar-refractivity contribution in [1.82, 2.24) is 0 Å². The maximum Gasteiger partial charge on any atom is 0.319 e. The molecule has 0 spiro atoms. The standard InChI is InChI=1S/C40H78O3/c1-7-13-19-21-23-25-27-29-35-39(31-15-9-3,32-16-10-4)37(41)43-38(42)40(33-17-11-5,34-18-12-6)36-30-28-26-24-22-20-14-8-2/h7-36H2,1-6H3. The highest BCUT2D eigenvalue weighted by Gasteiger charge is 2.44. The van der Waals surface area contributed by atoms with Crippen molar-refractivity contribution in [3.63, 3.8) is 0 Å². The third kappa shape index (κ3) is 19.3. The Balaban J connectivity index is 5.63. The molecule has 256 valence electrons. The molecule has 0 fully saturated rings. The fourth-order valence-corrected chi connectivity index (χ4v) is 6.92. The van der Waals surface area contributed by atoms with Crippen LogP contribution in [0.3, 0.4) is 0 Å². The summed E-state index contributed by atoms with van der Waals surface area (Å²) in [6.45, 7) is 13.4. The summed E-state index contributed by atoms with van der Waals surface area (Å²) in [6, 6.07) is 0. The van der Waals surface area contributed by atoms with Crippen molar-refractivity contribution in [2.24, 2.45) is 10.8 Å². The predicted molar refractivity (Wildman–Crippen MR) is 189 cm³/mol. The first kappa shape index (κ1) is 42.1. The highest BCUT2D eigenvalue weighted by Crippen LogP contribution is 2.42. The van der Waals surface area contributed by atoms with Crippen LogP contribution < -0.4 is 0 Å². The van der Waals surface area contributed by atoms with Crippen molar-refractivity contribution >= 4 is 11.9 Å². The monoisotopic (exact) mass is 607 g/mol. The van der Waals surface area contributed by atoms with Crippen LogP contribution in [0.15, 0.2) is 0 Å². The third-order valence-electron chi connectivity index (χ3n) is 10.1. The van der Waals surface area contributed by atoms with E-state index >= 15 is 0 Å². The van der Waals surface area contributed by atoms with E-state index in [1.54, 1.807) is 0 Å². The Labute approximate surface area is 270 Å². The lowest BCUT2D eigenvalue weighted by atomic mass is 9.73. The maximum atomic E-state index is 14.2. The zero-order valence-electron chi connectivity index (χ0n) is 30.4. The number of unbranched alkanes of at least 4 members (excludes halogenated alkanes) is 18. The number of carbonyl (C=O) groups is 2. The molecule has 0 aliphatic carbocycles. The first-order chi connectivity index (χ1) is 20.9. The Morgan fingerprint density at radius 2 is 0.535 bits per heavy atom. The maximum absolute atomic E-state index is 14.2. The van der Waals surface area contributed by atoms with E-state index in [1.807, 2.05) is 0 Å². The van der Waals surface area contributed by atoms with Gasteiger partial charge in [0.2, 0.25) is 0 Å². The first-order valence-corrected chi connectivity index (χ1v) is 19.7. The number of hydrogen-bond donors (Lipinski definition) is 0. The van der Waals surface area contributed by atoms with E-state index in [1.165, 1.54) is 89.9 Å². The summed E-state index contributed by atoms with van der Waals surface area (Å²) in [6.07, 6.45) is 33.8. The zero-order valence-corrected chi connectivity index (χ0v) is 30.4. The number of hydrogen-bond acceptors (Lipinski definition) is 3. The molecule has 0 N–H and O–H groups in total. The molecule has 0 bridgehead atoms. The van der Waals surface area contributed by atoms with Crippen molar-refractivity contribution in [1.29, 1.82) is 0 Å². The van der Waals surface area contributed by atoms with E-state index in [2.05, 4.69) is 41.5 Å². The summed E-state index contributed by atoms with van der Waals surface area (Å²) in [5.74, 6) is -0.369. The van der Waals surface area contributed by atoms with Crippen LogP contribution in [0.25, 0.3) is 0 Å². The molecule has 0 aliphatic heterocycles. The predicted octanol–water partition coefficient (Wildman–Crippen LogP) is 13.9. The molecule has 0 unspecified atom stereocenters. The second-order valence-corrected chi connectivity index (χ2v) is 14.1. The average molecular weight is 607 g/mol. The largest absolute Gasteiger partial charge is 0.392 e. The van der Waals surface area contributed by atoms with Gasteiger partial charge in [-0.1, -0.05) is 196 Å². The van der Waals surface area contributed by atoms with E-state index in [9.17, 15) is 9.59 Å². The van der Waals surface area contributed by atoms with Gasteiger partial charge < -0.3 is 4.74 Å². The highest BCUT2D eigenvalue weighted by molar-refractivity contribution is 5.91. The SMILES string of the molecule is CCCCCCCCCCC(CCCC)(CCCC)C(=O)OC(=O)C(CCCC)(CCCC)CCCCCCCCCC. The molecule has 0 aromatic carbocycles. The molecule has 3 heteroatoms. The lowest BCUT2D eigenvalue weighted by Crippen LogP contribution is -2.40. The zero-order chi connectivity index (χ0) is 32.1. The van der Waals surface area contributed by atoms with Crippen LogP contribution in [0.2, 0.25) is 0 Å². The molecule has 0 saturated heterocycles. The second kappa shape index (κ2) is 28.6. The summed E-state index contributed by atoms with van der Waals surface area (Å²) < 4.78 is 6.14. The molecule has 0 aliphatic rings. The van der Waals surface area contributed by atoms with Gasteiger partial charge in [0.15, 0.2) is 0 Å². The van der Waals surface area contributed by atoms with Crippen LogP contribution in [0, 0.1) is 10.8 Å². The second-order valence-electron chi connectivity index (χ2n) is 14.1. The summed E-state index contributed by atoms with van der Waals surface area (Å²) >= 11 is 0. The molecule has 0 aromatic rings. The highest BCUT2D eigenvalue weighted by atomic mass is 16.6. The molecule has 0 aromatic heterocycles. The number of carbonyl (C=O) groups excluding carboxylic acids is 2. The molecule has 0 saturated carbocycles. The molecule has 0 rings (SSSR count). The molecule has 0 atom stereocenters. The van der Waals surface area contributed by atoms with Crippen LogP contribution >= 0.6 is 0 Å². The van der Waals surface area contributed by atoms with Gasteiger partial charge in [-0.3, -0.25) is 9.59 Å². The van der Waals surface area contributed by atoms with Crippen molar-refractivity contribution in [2.45, 2.75) is 234 Å². The Morgan fingerprint density at radius 1 is 0.326 bits per heavy atom. The normalized spacial score (nSPS) is 12.1. The van der Waals surface area contributed by atoms with E-state index in [-0.39, 0.29) is 11.9 Å². The van der Waals surface area contributed by atoms with Crippen LogP contribution in [-0.4, -0.2) is 11.9 Å². The third-order valence-corrected chi connectivity index (χ3v) is 10.1. The average Bonchev–Trinajstić information content (AvgIpc) is 3.01. The van der Waals surface area contributed by atoms with Crippen LogP contribution in [0.4, 0.5) is 0 Å². The lowest BCUT2D eigenvalue weighted by molar-refractivity contribution is -0.176. The fraction of sp³-hybridized carbons (Fsp3) is 0.950. The van der Waals surface area contributed by atoms with Gasteiger partial charge in [-0.15, -0.1) is 0 Å². The minimum Gasteiger partial charge on any atom is -0.392 e. The first-order valence-electron chi connectivity index (χ1n) is 19.7. The van der Waals surface area contributed by atoms with Gasteiger partial charge in [0.05, 0.1) is 10.8 Å². The van der Waals surface area contributed by atoms with Crippen molar-refractivity contribution in [2.75, 3.05) is 0 Å². The van der Waals surface area contributed by atoms with Crippen LogP contribution in [-0.2, 0) is 14.3 Å². The van der Waals surface area contributed by atoms with Crippen LogP contribution in [0.5, 0.6) is 0 Å². The van der Waals surface area contributed by atoms with Gasteiger partial charge in [0.25, 0.3) is 0 Å². The van der Waals surface area contributed by atoms with Gasteiger partial charge in [-0.2, -0.15) is 0 Å². The van der Waals surface area contributed by atoms with Gasteiger partial charge >= 0.3 is 11.9 Å². The van der Waals surface area contributed by atoms with Crippen LogP contribution in [0.1, 0.15) is 234 Å². The number of esters is 2. The Kier molecular flexibility index (Phi) is 28.0. The van der Waals surface area contributed by atoms with Crippen molar-refractivity contribution < 1.29 is 14.3 Å². The summed E-state index contributed by atoms with van der Waals surface area (Å²) in [5, 5.41) is 0. The van der Waals surface area contributed by atoms with Gasteiger partial charge in [0, 0.05) is 0 Å². The van der Waals surface area contributed by atoms with Gasteiger partial charge in [-0.25, -0.2) is 0 Å². The molecular formula is C40H78O3.